The molecule has 23 heavy (non-hydrogen) atoms. The van der Waals surface area contributed by atoms with Crippen molar-refractivity contribution in [2.75, 3.05) is 13.1 Å². The molecule has 0 aromatic heterocycles. The van der Waals surface area contributed by atoms with Gasteiger partial charge in [0.15, 0.2) is 0 Å². The predicted molar refractivity (Wildman–Crippen MR) is 92.0 cm³/mol. The highest BCUT2D eigenvalue weighted by Gasteiger charge is 2.29. The second kappa shape index (κ2) is 7.62. The molecule has 1 fully saturated rings. The second-order valence-electron chi connectivity index (χ2n) is 7.34. The van der Waals surface area contributed by atoms with Crippen molar-refractivity contribution in [3.8, 4) is 0 Å². The van der Waals surface area contributed by atoms with Gasteiger partial charge in [-0.15, -0.1) is 0 Å². The number of aryl methyl sites for hydroxylation is 1. The van der Waals surface area contributed by atoms with E-state index >= 15 is 0 Å². The third kappa shape index (κ3) is 5.08. The van der Waals surface area contributed by atoms with Crippen LogP contribution in [0.25, 0.3) is 0 Å². The van der Waals surface area contributed by atoms with Gasteiger partial charge in [-0.3, -0.25) is 9.59 Å². The highest BCUT2D eigenvalue weighted by Crippen LogP contribution is 2.22. The van der Waals surface area contributed by atoms with Crippen LogP contribution < -0.4 is 5.32 Å². The molecule has 1 aromatic carbocycles. The van der Waals surface area contributed by atoms with Crippen LogP contribution in [0.4, 0.5) is 0 Å². The molecule has 1 unspecified atom stereocenters. The molecular weight excluding hydrogens is 288 g/mol. The Morgan fingerprint density at radius 1 is 1.22 bits per heavy atom. The molecule has 1 aliphatic rings. The Morgan fingerprint density at radius 3 is 2.57 bits per heavy atom. The van der Waals surface area contributed by atoms with E-state index in [2.05, 4.69) is 29.6 Å². The van der Waals surface area contributed by atoms with Crippen molar-refractivity contribution in [2.24, 2.45) is 5.41 Å². The molecule has 0 saturated carbocycles. The van der Waals surface area contributed by atoms with Crippen LogP contribution in [0.15, 0.2) is 30.3 Å². The summed E-state index contributed by atoms with van der Waals surface area (Å²) in [6.45, 7) is 6.48. The minimum absolute atomic E-state index is 0.0400. The summed E-state index contributed by atoms with van der Waals surface area (Å²) in [5, 5.41) is 2.76. The molecule has 1 heterocycles. The molecule has 2 rings (SSSR count). The Balaban J connectivity index is 1.83. The zero-order valence-corrected chi connectivity index (χ0v) is 14.5. The van der Waals surface area contributed by atoms with Gasteiger partial charge in [-0.25, -0.2) is 0 Å². The van der Waals surface area contributed by atoms with E-state index < -0.39 is 5.41 Å². The Labute approximate surface area is 139 Å². The van der Waals surface area contributed by atoms with Crippen LogP contribution in [-0.2, 0) is 16.0 Å². The lowest BCUT2D eigenvalue weighted by molar-refractivity contribution is -0.135. The normalized spacial score (nSPS) is 18.0. The molecule has 0 radical (unpaired) electrons. The fraction of sp³-hybridized carbons (Fsp3) is 0.579. The summed E-state index contributed by atoms with van der Waals surface area (Å²) in [4.78, 5) is 26.3. The standard InChI is InChI=1S/C19H28N2O2/c1-19(2,3)18(23)20-14-17(22)21-13-7-10-16(21)12-11-15-8-5-4-6-9-15/h4-6,8-9,16H,7,10-14H2,1-3H3,(H,20,23). The Hall–Kier alpha value is -1.84. The fourth-order valence-electron chi connectivity index (χ4n) is 2.96. The highest BCUT2D eigenvalue weighted by atomic mass is 16.2. The van der Waals surface area contributed by atoms with Gasteiger partial charge >= 0.3 is 0 Å². The molecule has 0 bridgehead atoms. The molecule has 4 nitrogen and oxygen atoms in total. The van der Waals surface area contributed by atoms with Crippen LogP contribution in [-0.4, -0.2) is 35.8 Å². The minimum atomic E-state index is -0.460. The van der Waals surface area contributed by atoms with Crippen LogP contribution in [0.3, 0.4) is 0 Å². The summed E-state index contributed by atoms with van der Waals surface area (Å²) in [6, 6.07) is 10.7. The topological polar surface area (TPSA) is 49.4 Å². The van der Waals surface area contributed by atoms with Crippen molar-refractivity contribution in [3.63, 3.8) is 0 Å². The summed E-state index contributed by atoms with van der Waals surface area (Å²) in [5.74, 6) is -0.0379. The van der Waals surface area contributed by atoms with Gasteiger partial charge in [-0.05, 0) is 31.2 Å². The lowest BCUT2D eigenvalue weighted by atomic mass is 9.96. The van der Waals surface area contributed by atoms with Crippen molar-refractivity contribution in [3.05, 3.63) is 35.9 Å². The first-order chi connectivity index (χ1) is 10.9. The number of benzene rings is 1. The van der Waals surface area contributed by atoms with Crippen molar-refractivity contribution >= 4 is 11.8 Å². The zero-order valence-electron chi connectivity index (χ0n) is 14.5. The average Bonchev–Trinajstić information content (AvgIpc) is 2.99. The number of nitrogens with one attached hydrogen (secondary N) is 1. The number of likely N-dealkylation sites (tertiary alicyclic amines) is 1. The SMILES string of the molecule is CC(C)(C)C(=O)NCC(=O)N1CCCC1CCc1ccccc1. The van der Waals surface area contributed by atoms with Gasteiger partial charge in [0.1, 0.15) is 0 Å². The van der Waals surface area contributed by atoms with E-state index in [4.69, 9.17) is 0 Å². The molecule has 1 saturated heterocycles. The molecular formula is C19H28N2O2. The molecule has 0 aliphatic carbocycles. The lowest BCUT2D eigenvalue weighted by Gasteiger charge is -2.26. The number of carbonyl (C=O) groups is 2. The lowest BCUT2D eigenvalue weighted by Crippen LogP contribution is -2.45. The molecule has 2 amide bonds. The Kier molecular flexibility index (Phi) is 5.80. The van der Waals surface area contributed by atoms with E-state index in [-0.39, 0.29) is 18.4 Å². The van der Waals surface area contributed by atoms with Gasteiger partial charge in [0, 0.05) is 18.0 Å². The minimum Gasteiger partial charge on any atom is -0.347 e. The van der Waals surface area contributed by atoms with Crippen LogP contribution in [0, 0.1) is 5.41 Å². The molecule has 126 valence electrons. The fourth-order valence-corrected chi connectivity index (χ4v) is 2.96. The van der Waals surface area contributed by atoms with E-state index in [9.17, 15) is 9.59 Å². The van der Waals surface area contributed by atoms with Crippen molar-refractivity contribution in [2.45, 2.75) is 52.5 Å². The maximum atomic E-state index is 12.4. The number of hydrogen-bond donors (Lipinski definition) is 1. The monoisotopic (exact) mass is 316 g/mol. The number of rotatable bonds is 5. The molecule has 1 aromatic rings. The number of hydrogen-bond acceptors (Lipinski definition) is 2. The summed E-state index contributed by atoms with van der Waals surface area (Å²) in [6.07, 6.45) is 4.09. The van der Waals surface area contributed by atoms with E-state index in [1.54, 1.807) is 0 Å². The number of nitrogens with zero attached hydrogens (tertiary/aromatic N) is 1. The number of amides is 2. The Bertz CT molecular complexity index is 534. The van der Waals surface area contributed by atoms with E-state index in [0.29, 0.717) is 6.04 Å². The average molecular weight is 316 g/mol. The number of carbonyl (C=O) groups excluding carboxylic acids is 2. The van der Waals surface area contributed by atoms with Gasteiger partial charge in [0.25, 0.3) is 0 Å². The third-order valence-corrected chi connectivity index (χ3v) is 4.39. The first kappa shape index (κ1) is 17.5. The summed E-state index contributed by atoms with van der Waals surface area (Å²) < 4.78 is 0. The smallest absolute Gasteiger partial charge is 0.242 e. The van der Waals surface area contributed by atoms with Crippen molar-refractivity contribution in [1.82, 2.24) is 10.2 Å². The Morgan fingerprint density at radius 2 is 1.91 bits per heavy atom. The molecule has 1 aliphatic heterocycles. The maximum Gasteiger partial charge on any atom is 0.242 e. The van der Waals surface area contributed by atoms with Crippen molar-refractivity contribution in [1.29, 1.82) is 0 Å². The van der Waals surface area contributed by atoms with E-state index in [1.807, 2.05) is 31.7 Å². The van der Waals surface area contributed by atoms with Gasteiger partial charge in [0.05, 0.1) is 6.54 Å². The molecule has 1 N–H and O–H groups in total. The van der Waals surface area contributed by atoms with Crippen LogP contribution in [0.2, 0.25) is 0 Å². The zero-order chi connectivity index (χ0) is 16.9. The predicted octanol–water partition coefficient (Wildman–Crippen LogP) is 2.77. The van der Waals surface area contributed by atoms with Gasteiger partial charge < -0.3 is 10.2 Å². The van der Waals surface area contributed by atoms with Crippen LogP contribution >= 0.6 is 0 Å². The highest BCUT2D eigenvalue weighted by molar-refractivity contribution is 5.87. The summed E-state index contributed by atoms with van der Waals surface area (Å²) in [7, 11) is 0. The second-order valence-corrected chi connectivity index (χ2v) is 7.34. The first-order valence-electron chi connectivity index (χ1n) is 8.49. The summed E-state index contributed by atoms with van der Waals surface area (Å²) >= 11 is 0. The summed E-state index contributed by atoms with van der Waals surface area (Å²) in [5.41, 5.74) is 0.852. The third-order valence-electron chi connectivity index (χ3n) is 4.39. The van der Waals surface area contributed by atoms with Gasteiger partial charge in [-0.2, -0.15) is 0 Å². The van der Waals surface area contributed by atoms with Crippen LogP contribution in [0.5, 0.6) is 0 Å². The van der Waals surface area contributed by atoms with Crippen LogP contribution in [0.1, 0.15) is 45.6 Å². The first-order valence-corrected chi connectivity index (χ1v) is 8.49. The molecule has 4 heteroatoms. The van der Waals surface area contributed by atoms with E-state index in [0.717, 1.165) is 32.2 Å². The largest absolute Gasteiger partial charge is 0.347 e. The maximum absolute atomic E-state index is 12.4. The van der Waals surface area contributed by atoms with E-state index in [1.165, 1.54) is 5.56 Å². The quantitative estimate of drug-likeness (QED) is 0.908. The molecule has 1 atom stereocenters. The molecule has 0 spiro atoms. The van der Waals surface area contributed by atoms with Crippen molar-refractivity contribution < 1.29 is 9.59 Å². The van der Waals surface area contributed by atoms with Gasteiger partial charge in [0.2, 0.25) is 11.8 Å². The van der Waals surface area contributed by atoms with Gasteiger partial charge in [-0.1, -0.05) is 51.1 Å².